The van der Waals surface area contributed by atoms with Crippen molar-refractivity contribution >= 4 is 39.7 Å². The summed E-state index contributed by atoms with van der Waals surface area (Å²) in [5, 5.41) is 12.6. The number of anilines is 2. The minimum atomic E-state index is -5.26. The molecule has 0 aliphatic carbocycles. The maximum absolute atomic E-state index is 13.1. The molecule has 0 amide bonds. The number of hydrogen-bond acceptors (Lipinski definition) is 12. The highest BCUT2D eigenvalue weighted by atomic mass is 19.4. The SMILES string of the molecule is CCN(CCO)CCOc1ccc2nc(Nc3nc(C)c4cc(OC)cc(OC)c4n3)nc(OC(=O)C(F)(F)F)c2c1. The summed E-state index contributed by atoms with van der Waals surface area (Å²) in [4.78, 5) is 31.0. The van der Waals surface area contributed by atoms with Crippen molar-refractivity contribution in [3.05, 3.63) is 36.0 Å². The Morgan fingerprint density at radius 1 is 0.976 bits per heavy atom. The summed E-state index contributed by atoms with van der Waals surface area (Å²) in [7, 11) is 2.99. The van der Waals surface area contributed by atoms with Crippen LogP contribution in [-0.2, 0) is 4.79 Å². The summed E-state index contributed by atoms with van der Waals surface area (Å²) in [6.45, 7) is 5.59. The van der Waals surface area contributed by atoms with Crippen LogP contribution in [0.1, 0.15) is 12.6 Å². The van der Waals surface area contributed by atoms with Crippen molar-refractivity contribution in [3.63, 3.8) is 0 Å². The molecule has 0 spiro atoms. The lowest BCUT2D eigenvalue weighted by Crippen LogP contribution is -2.30. The van der Waals surface area contributed by atoms with E-state index < -0.39 is 18.0 Å². The molecule has 224 valence electrons. The Bertz CT molecular complexity index is 1590. The molecule has 15 heteroatoms. The van der Waals surface area contributed by atoms with E-state index in [1.54, 1.807) is 25.1 Å². The highest BCUT2D eigenvalue weighted by molar-refractivity contribution is 5.90. The number of aromatic nitrogens is 4. The van der Waals surface area contributed by atoms with Gasteiger partial charge in [-0.1, -0.05) is 6.92 Å². The van der Waals surface area contributed by atoms with Crippen LogP contribution in [0.4, 0.5) is 25.1 Å². The molecule has 2 N–H and O–H groups in total. The van der Waals surface area contributed by atoms with Crippen LogP contribution in [0.5, 0.6) is 23.1 Å². The molecule has 0 aliphatic rings. The number of rotatable bonds is 12. The Labute approximate surface area is 238 Å². The van der Waals surface area contributed by atoms with E-state index in [9.17, 15) is 18.0 Å². The van der Waals surface area contributed by atoms with Gasteiger partial charge in [0.25, 0.3) is 0 Å². The number of aliphatic hydroxyl groups excluding tert-OH is 1. The van der Waals surface area contributed by atoms with Gasteiger partial charge >= 0.3 is 12.1 Å². The number of carbonyl (C=O) groups excluding carboxylic acids is 1. The minimum absolute atomic E-state index is 0.00242. The topological polar surface area (TPSA) is 141 Å². The zero-order valence-electron chi connectivity index (χ0n) is 23.3. The van der Waals surface area contributed by atoms with Crippen LogP contribution < -0.4 is 24.3 Å². The Hall–Kier alpha value is -4.50. The van der Waals surface area contributed by atoms with Gasteiger partial charge in [0.2, 0.25) is 17.8 Å². The summed E-state index contributed by atoms with van der Waals surface area (Å²) >= 11 is 0. The van der Waals surface area contributed by atoms with Gasteiger partial charge in [0, 0.05) is 24.5 Å². The van der Waals surface area contributed by atoms with Crippen molar-refractivity contribution in [1.82, 2.24) is 24.8 Å². The molecule has 0 unspecified atom stereocenters. The number of fused-ring (bicyclic) bond motifs is 2. The molecule has 42 heavy (non-hydrogen) atoms. The fourth-order valence-corrected chi connectivity index (χ4v) is 4.06. The molecule has 0 saturated heterocycles. The fraction of sp³-hybridized carbons (Fsp3) is 0.370. The van der Waals surface area contributed by atoms with Crippen molar-refractivity contribution in [1.29, 1.82) is 0 Å². The van der Waals surface area contributed by atoms with Crippen LogP contribution in [0.3, 0.4) is 0 Å². The lowest BCUT2D eigenvalue weighted by molar-refractivity contribution is -0.189. The third kappa shape index (κ3) is 7.03. The maximum atomic E-state index is 13.1. The molecule has 2 aromatic carbocycles. The monoisotopic (exact) mass is 590 g/mol. The number of aliphatic hydroxyl groups is 1. The van der Waals surface area contributed by atoms with Crippen molar-refractivity contribution < 1.29 is 42.0 Å². The molecule has 4 aromatic rings. The molecular weight excluding hydrogens is 561 g/mol. The Morgan fingerprint density at radius 3 is 2.38 bits per heavy atom. The molecule has 0 saturated carbocycles. The number of benzene rings is 2. The van der Waals surface area contributed by atoms with E-state index in [1.165, 1.54) is 26.4 Å². The van der Waals surface area contributed by atoms with E-state index in [2.05, 4.69) is 30.0 Å². The predicted octanol–water partition coefficient (Wildman–Crippen LogP) is 3.80. The van der Waals surface area contributed by atoms with E-state index >= 15 is 0 Å². The second-order valence-corrected chi connectivity index (χ2v) is 8.91. The van der Waals surface area contributed by atoms with Crippen LogP contribution >= 0.6 is 0 Å². The van der Waals surface area contributed by atoms with Gasteiger partial charge < -0.3 is 24.1 Å². The largest absolute Gasteiger partial charge is 0.497 e. The highest BCUT2D eigenvalue weighted by Gasteiger charge is 2.42. The first-order chi connectivity index (χ1) is 20.1. The average molecular weight is 591 g/mol. The number of methoxy groups -OCH3 is 2. The van der Waals surface area contributed by atoms with E-state index in [4.69, 9.17) is 19.3 Å². The first-order valence-electron chi connectivity index (χ1n) is 12.8. The number of carbonyl (C=O) groups is 1. The van der Waals surface area contributed by atoms with Gasteiger partial charge in [0.15, 0.2) is 0 Å². The number of aryl methyl sites for hydroxylation is 1. The van der Waals surface area contributed by atoms with Crippen molar-refractivity contribution in [2.24, 2.45) is 0 Å². The van der Waals surface area contributed by atoms with E-state index in [1.807, 2.05) is 11.8 Å². The van der Waals surface area contributed by atoms with Crippen molar-refractivity contribution in [2.45, 2.75) is 20.0 Å². The molecule has 0 bridgehead atoms. The van der Waals surface area contributed by atoms with Gasteiger partial charge in [-0.3, -0.25) is 10.2 Å². The number of hydrogen-bond donors (Lipinski definition) is 2. The zero-order chi connectivity index (χ0) is 30.4. The highest BCUT2D eigenvalue weighted by Crippen LogP contribution is 2.33. The summed E-state index contributed by atoms with van der Waals surface area (Å²) in [5.41, 5.74) is 1.16. The average Bonchev–Trinajstić information content (AvgIpc) is 2.96. The fourth-order valence-electron chi connectivity index (χ4n) is 4.06. The zero-order valence-corrected chi connectivity index (χ0v) is 23.3. The number of likely N-dealkylation sites (N-methyl/N-ethyl adjacent to an activating group) is 1. The summed E-state index contributed by atoms with van der Waals surface area (Å²) < 4.78 is 60.4. The van der Waals surface area contributed by atoms with Gasteiger partial charge in [0.05, 0.1) is 37.4 Å². The minimum Gasteiger partial charge on any atom is -0.497 e. The van der Waals surface area contributed by atoms with Crippen molar-refractivity contribution in [2.75, 3.05) is 52.4 Å². The van der Waals surface area contributed by atoms with Gasteiger partial charge in [0.1, 0.15) is 29.4 Å². The van der Waals surface area contributed by atoms with Gasteiger partial charge in [-0.05, 0) is 37.7 Å². The molecule has 0 atom stereocenters. The second kappa shape index (κ2) is 13.0. The van der Waals surface area contributed by atoms with E-state index in [0.717, 1.165) is 0 Å². The summed E-state index contributed by atoms with van der Waals surface area (Å²) in [6, 6.07) is 7.84. The molecule has 0 aliphatic heterocycles. The number of halogens is 3. The normalized spacial score (nSPS) is 11.6. The molecule has 2 aromatic heterocycles. The molecule has 0 radical (unpaired) electrons. The van der Waals surface area contributed by atoms with Crippen LogP contribution in [0.2, 0.25) is 0 Å². The number of nitrogens with zero attached hydrogens (tertiary/aromatic N) is 5. The lowest BCUT2D eigenvalue weighted by atomic mass is 10.1. The summed E-state index contributed by atoms with van der Waals surface area (Å²) in [6.07, 6.45) is -5.26. The standard InChI is InChI=1S/C27H29F3N6O6/c1-5-36(8-10-37)9-11-41-16-6-7-20-19(12-16)23(42-24(38)27(28,29)30)34-26(32-20)35-25-31-15(2)18-13-17(39-3)14-21(40-4)22(18)33-25/h6-7,12-14,37H,5,8-11H2,1-4H3,(H,31,32,33,34,35). The Balaban J connectivity index is 1.69. The Kier molecular flexibility index (Phi) is 9.42. The van der Waals surface area contributed by atoms with Crippen LogP contribution in [0, 0.1) is 6.92 Å². The van der Waals surface area contributed by atoms with Crippen LogP contribution in [-0.4, -0.2) is 89.2 Å². The molecule has 2 heterocycles. The molecular formula is C27H29F3N6O6. The van der Waals surface area contributed by atoms with Crippen molar-refractivity contribution in [3.8, 4) is 23.1 Å². The Morgan fingerprint density at radius 2 is 1.71 bits per heavy atom. The van der Waals surface area contributed by atoms with Crippen LogP contribution in [0.15, 0.2) is 30.3 Å². The third-order valence-electron chi connectivity index (χ3n) is 6.20. The third-order valence-corrected chi connectivity index (χ3v) is 6.20. The smallest absolute Gasteiger partial charge is 0.491 e. The van der Waals surface area contributed by atoms with E-state index in [-0.39, 0.29) is 36.0 Å². The van der Waals surface area contributed by atoms with Crippen LogP contribution in [0.25, 0.3) is 21.8 Å². The maximum Gasteiger partial charge on any atom is 0.491 e. The quantitative estimate of drug-likeness (QED) is 0.232. The molecule has 4 rings (SSSR count). The summed E-state index contributed by atoms with van der Waals surface area (Å²) in [5.74, 6) is -2.02. The number of esters is 1. The first-order valence-corrected chi connectivity index (χ1v) is 12.8. The predicted molar refractivity (Wildman–Crippen MR) is 147 cm³/mol. The number of alkyl halides is 3. The van der Waals surface area contributed by atoms with Gasteiger partial charge in [-0.25, -0.2) is 19.7 Å². The lowest BCUT2D eigenvalue weighted by Gasteiger charge is -2.19. The first kappa shape index (κ1) is 30.5. The second-order valence-electron chi connectivity index (χ2n) is 8.91. The number of nitrogens with one attached hydrogen (secondary N) is 1. The van der Waals surface area contributed by atoms with E-state index in [0.29, 0.717) is 53.5 Å². The van der Waals surface area contributed by atoms with Gasteiger partial charge in [-0.15, -0.1) is 0 Å². The number of ether oxygens (including phenoxy) is 4. The molecule has 12 nitrogen and oxygen atoms in total. The van der Waals surface area contributed by atoms with Gasteiger partial charge in [-0.2, -0.15) is 18.2 Å². The molecule has 0 fully saturated rings.